The number of rotatable bonds is 8. The zero-order chi connectivity index (χ0) is 22.8. The number of carbonyl (C=O) groups is 2. The van der Waals surface area contributed by atoms with Crippen molar-refractivity contribution in [3.8, 4) is 0 Å². The lowest BCUT2D eigenvalue weighted by Gasteiger charge is -2.25. The monoisotopic (exact) mass is 434 g/mol. The Hall–Kier alpha value is -2.39. The first kappa shape index (κ1) is 25.6. The molecule has 0 bridgehead atoms. The molecule has 0 unspecified atom stereocenters. The zero-order valence-electron chi connectivity index (χ0n) is 19.1. The van der Waals surface area contributed by atoms with Gasteiger partial charge in [-0.15, -0.1) is 5.10 Å². The summed E-state index contributed by atoms with van der Waals surface area (Å²) in [5.74, 6) is -0.212. The van der Waals surface area contributed by atoms with Crippen molar-refractivity contribution in [2.75, 3.05) is 44.0 Å². The quantitative estimate of drug-likeness (QED) is 0.646. The van der Waals surface area contributed by atoms with E-state index in [2.05, 4.69) is 29.8 Å². The number of aromatic nitrogens is 3. The Balaban J connectivity index is 0.00000218. The fraction of sp³-hybridized carbons (Fsp3) is 0.524. The molecule has 0 saturated carbocycles. The van der Waals surface area contributed by atoms with E-state index in [0.29, 0.717) is 12.2 Å². The number of unbranched alkanes of at least 4 members (excludes halogenated alkanes) is 1. The average molecular weight is 435 g/mol. The Kier molecular flexibility index (Phi) is 10.5. The second-order valence-electron chi connectivity index (χ2n) is 6.85. The van der Waals surface area contributed by atoms with Crippen LogP contribution in [0.1, 0.15) is 49.8 Å². The lowest BCUT2D eigenvalue weighted by atomic mass is 10.1. The van der Waals surface area contributed by atoms with E-state index in [1.807, 2.05) is 50.9 Å². The van der Waals surface area contributed by atoms with Gasteiger partial charge in [-0.25, -0.2) is 4.98 Å². The number of amides is 2. The van der Waals surface area contributed by atoms with Gasteiger partial charge in [0.15, 0.2) is 0 Å². The first-order chi connectivity index (χ1) is 14.3. The molecule has 0 fully saturated rings. The lowest BCUT2D eigenvalue weighted by Crippen LogP contribution is -2.37. The molecular weight excluding hydrogens is 400 g/mol. The molecule has 1 aromatic heterocycles. The molecule has 2 amide bonds. The van der Waals surface area contributed by atoms with Gasteiger partial charge in [-0.2, -0.15) is 4.09 Å². The third kappa shape index (κ3) is 6.56. The van der Waals surface area contributed by atoms with Gasteiger partial charge in [0.2, 0.25) is 11.7 Å². The Labute approximate surface area is 185 Å². The smallest absolute Gasteiger partial charge is 0.296 e. The van der Waals surface area contributed by atoms with Crippen LogP contribution in [0.5, 0.6) is 0 Å². The van der Waals surface area contributed by atoms with E-state index in [0.717, 1.165) is 34.7 Å². The standard InChI is InChI=1S/C19H28N6O2S.C2H6/c1-6-7-10-22(3)12-17(26)23(4)15-9-8-14(2)16(11-15)24(5)19(27)18-20-13-21-25(18)28;1-2/h8-9,11,13,28H,6-7,10,12H2,1-5H3;1-2H3. The molecule has 2 aromatic rings. The summed E-state index contributed by atoms with van der Waals surface area (Å²) in [6.07, 6.45) is 3.43. The van der Waals surface area contributed by atoms with Crippen molar-refractivity contribution in [1.29, 1.82) is 0 Å². The summed E-state index contributed by atoms with van der Waals surface area (Å²) < 4.78 is 1.14. The first-order valence-corrected chi connectivity index (χ1v) is 10.6. The van der Waals surface area contributed by atoms with Crippen LogP contribution in [0.4, 0.5) is 11.4 Å². The Morgan fingerprint density at radius 2 is 1.80 bits per heavy atom. The highest BCUT2D eigenvalue weighted by molar-refractivity contribution is 7.78. The summed E-state index contributed by atoms with van der Waals surface area (Å²) in [7, 11) is 5.36. The molecule has 0 N–H and O–H groups in total. The van der Waals surface area contributed by atoms with Gasteiger partial charge in [-0.3, -0.25) is 14.5 Å². The van der Waals surface area contributed by atoms with Gasteiger partial charge in [0.05, 0.1) is 6.54 Å². The average Bonchev–Trinajstić information content (AvgIpc) is 3.18. The predicted octanol–water partition coefficient (Wildman–Crippen LogP) is 3.28. The number of likely N-dealkylation sites (N-methyl/N-ethyl adjacent to an activating group) is 2. The van der Waals surface area contributed by atoms with Crippen LogP contribution in [0.25, 0.3) is 0 Å². The molecule has 166 valence electrons. The summed E-state index contributed by atoms with van der Waals surface area (Å²) in [6.45, 7) is 9.27. The minimum atomic E-state index is -0.332. The summed E-state index contributed by atoms with van der Waals surface area (Å²) in [5, 5.41) is 3.82. The summed E-state index contributed by atoms with van der Waals surface area (Å²) in [6, 6.07) is 5.60. The van der Waals surface area contributed by atoms with Crippen LogP contribution < -0.4 is 9.80 Å². The van der Waals surface area contributed by atoms with Crippen LogP contribution in [0.3, 0.4) is 0 Å². The van der Waals surface area contributed by atoms with Gasteiger partial charge < -0.3 is 9.80 Å². The maximum atomic E-state index is 12.7. The van der Waals surface area contributed by atoms with Crippen LogP contribution in [0, 0.1) is 6.92 Å². The second kappa shape index (κ2) is 12.3. The molecule has 0 aliphatic rings. The number of aryl methyl sites for hydroxylation is 1. The van der Waals surface area contributed by atoms with Gasteiger partial charge in [-0.1, -0.05) is 33.3 Å². The first-order valence-electron chi connectivity index (χ1n) is 10.2. The van der Waals surface area contributed by atoms with Crippen LogP contribution in [0.2, 0.25) is 0 Å². The highest BCUT2D eigenvalue weighted by Crippen LogP contribution is 2.26. The minimum Gasteiger partial charge on any atom is -0.314 e. The number of carbonyl (C=O) groups excluding carboxylic acids is 2. The lowest BCUT2D eigenvalue weighted by molar-refractivity contribution is -0.119. The summed E-state index contributed by atoms with van der Waals surface area (Å²) >= 11 is 4.10. The number of nitrogens with zero attached hydrogens (tertiary/aromatic N) is 6. The van der Waals surface area contributed by atoms with Gasteiger partial charge in [0.1, 0.15) is 6.33 Å². The molecule has 9 heteroatoms. The SMILES string of the molecule is CC.CCCCN(C)CC(=O)N(C)c1ccc(C)c(N(C)C(=O)c2ncnn2S)c1. The summed E-state index contributed by atoms with van der Waals surface area (Å²) in [5.41, 5.74) is 2.32. The van der Waals surface area contributed by atoms with Crippen molar-refractivity contribution in [3.05, 3.63) is 35.9 Å². The van der Waals surface area contributed by atoms with Crippen molar-refractivity contribution < 1.29 is 9.59 Å². The van der Waals surface area contributed by atoms with Crippen molar-refractivity contribution in [3.63, 3.8) is 0 Å². The highest BCUT2D eigenvalue weighted by Gasteiger charge is 2.21. The molecule has 0 atom stereocenters. The highest BCUT2D eigenvalue weighted by atomic mass is 32.1. The van der Waals surface area contributed by atoms with Crippen LogP contribution in [-0.2, 0) is 4.79 Å². The molecule has 0 radical (unpaired) electrons. The molecule has 0 aliphatic heterocycles. The third-order valence-corrected chi connectivity index (χ3v) is 4.93. The van der Waals surface area contributed by atoms with Gasteiger partial charge >= 0.3 is 0 Å². The minimum absolute atomic E-state index is 0.00233. The van der Waals surface area contributed by atoms with Gasteiger partial charge in [0.25, 0.3) is 5.91 Å². The fourth-order valence-corrected chi connectivity index (χ4v) is 2.98. The number of benzene rings is 1. The van der Waals surface area contributed by atoms with E-state index in [1.165, 1.54) is 11.2 Å². The molecule has 8 nitrogen and oxygen atoms in total. The van der Waals surface area contributed by atoms with E-state index < -0.39 is 0 Å². The largest absolute Gasteiger partial charge is 0.314 e. The van der Waals surface area contributed by atoms with Crippen molar-refractivity contribution >= 4 is 36.0 Å². The summed E-state index contributed by atoms with van der Waals surface area (Å²) in [4.78, 5) is 34.4. The van der Waals surface area contributed by atoms with Crippen molar-refractivity contribution in [2.45, 2.75) is 40.5 Å². The number of hydrogen-bond acceptors (Lipinski definition) is 6. The molecule has 2 rings (SSSR count). The Morgan fingerprint density at radius 3 is 2.37 bits per heavy atom. The number of anilines is 2. The Bertz CT molecular complexity index is 839. The van der Waals surface area contributed by atoms with E-state index >= 15 is 0 Å². The fourth-order valence-electron chi connectivity index (χ4n) is 2.79. The third-order valence-electron chi connectivity index (χ3n) is 4.64. The molecule has 30 heavy (non-hydrogen) atoms. The van der Waals surface area contributed by atoms with E-state index in [9.17, 15) is 9.59 Å². The molecular formula is C21H34N6O2S. The van der Waals surface area contributed by atoms with E-state index in [4.69, 9.17) is 0 Å². The maximum absolute atomic E-state index is 12.7. The zero-order valence-corrected chi connectivity index (χ0v) is 20.0. The maximum Gasteiger partial charge on any atom is 0.296 e. The number of hydrogen-bond donors (Lipinski definition) is 1. The molecule has 0 spiro atoms. The van der Waals surface area contributed by atoms with Crippen molar-refractivity contribution in [2.24, 2.45) is 0 Å². The number of thiol groups is 1. The molecule has 1 heterocycles. The molecule has 0 aliphatic carbocycles. The molecule has 1 aromatic carbocycles. The topological polar surface area (TPSA) is 74.6 Å². The van der Waals surface area contributed by atoms with Crippen molar-refractivity contribution in [1.82, 2.24) is 19.1 Å². The van der Waals surface area contributed by atoms with Gasteiger partial charge in [0, 0.05) is 25.5 Å². The van der Waals surface area contributed by atoms with Crippen LogP contribution >= 0.6 is 12.8 Å². The van der Waals surface area contributed by atoms with Crippen LogP contribution in [0.15, 0.2) is 24.5 Å². The van der Waals surface area contributed by atoms with E-state index in [-0.39, 0.29) is 17.6 Å². The Morgan fingerprint density at radius 1 is 1.13 bits per heavy atom. The normalized spacial score (nSPS) is 10.4. The van der Waals surface area contributed by atoms with Gasteiger partial charge in [-0.05, 0) is 57.4 Å². The second-order valence-corrected chi connectivity index (χ2v) is 7.23. The van der Waals surface area contributed by atoms with E-state index in [1.54, 1.807) is 19.0 Å². The van der Waals surface area contributed by atoms with Crippen LogP contribution in [-0.4, -0.2) is 65.1 Å². The predicted molar refractivity (Wildman–Crippen MR) is 125 cm³/mol. The molecule has 0 saturated heterocycles.